The van der Waals surface area contributed by atoms with E-state index in [9.17, 15) is 0 Å². The molecule has 0 fully saturated rings. The average molecular weight is 277 g/mol. The topological polar surface area (TPSA) is 30.5 Å². The summed E-state index contributed by atoms with van der Waals surface area (Å²) in [6, 6.07) is 6.60. The van der Waals surface area contributed by atoms with Crippen molar-refractivity contribution in [2.24, 2.45) is 0 Å². The molecule has 0 spiro atoms. The van der Waals surface area contributed by atoms with Crippen LogP contribution in [0.5, 0.6) is 11.5 Å². The van der Waals surface area contributed by atoms with E-state index in [4.69, 9.17) is 9.47 Å². The highest BCUT2D eigenvalue weighted by Gasteiger charge is 2.11. The first kappa shape index (κ1) is 16.6. The minimum atomic E-state index is 0.467. The zero-order valence-electron chi connectivity index (χ0n) is 13.2. The van der Waals surface area contributed by atoms with Crippen LogP contribution < -0.4 is 14.8 Å². The Labute approximate surface area is 123 Å². The normalized spacial score (nSPS) is 12.0. The van der Waals surface area contributed by atoms with Crippen LogP contribution in [0.1, 0.15) is 32.3 Å². The van der Waals surface area contributed by atoms with Crippen molar-refractivity contribution in [1.29, 1.82) is 0 Å². The van der Waals surface area contributed by atoms with E-state index in [1.165, 1.54) is 11.1 Å². The molecule has 3 nitrogen and oxygen atoms in total. The summed E-state index contributed by atoms with van der Waals surface area (Å²) in [5.74, 6) is 1.57. The molecule has 0 aliphatic heterocycles. The molecule has 0 aromatic heterocycles. The maximum atomic E-state index is 5.36. The van der Waals surface area contributed by atoms with Gasteiger partial charge in [0.15, 0.2) is 11.5 Å². The van der Waals surface area contributed by atoms with Crippen molar-refractivity contribution in [3.8, 4) is 11.5 Å². The van der Waals surface area contributed by atoms with Crippen LogP contribution in [0.4, 0.5) is 0 Å². The van der Waals surface area contributed by atoms with Gasteiger partial charge in [0.2, 0.25) is 0 Å². The highest BCUT2D eigenvalue weighted by Crippen LogP contribution is 2.28. The molecule has 3 heteroatoms. The first-order valence-corrected chi connectivity index (χ1v) is 7.19. The lowest BCUT2D eigenvalue weighted by Gasteiger charge is -2.19. The summed E-state index contributed by atoms with van der Waals surface area (Å²) in [6.07, 6.45) is 3.16. The molecular formula is C17H27NO2. The molecule has 0 aliphatic carbocycles. The van der Waals surface area contributed by atoms with E-state index in [1.807, 2.05) is 6.07 Å². The molecule has 112 valence electrons. The second-order valence-electron chi connectivity index (χ2n) is 5.14. The zero-order valence-corrected chi connectivity index (χ0v) is 13.2. The quantitative estimate of drug-likeness (QED) is 0.700. The smallest absolute Gasteiger partial charge is 0.160 e. The Morgan fingerprint density at radius 2 is 1.95 bits per heavy atom. The largest absolute Gasteiger partial charge is 0.493 e. The van der Waals surface area contributed by atoms with Gasteiger partial charge in [-0.1, -0.05) is 18.6 Å². The maximum Gasteiger partial charge on any atom is 0.160 e. The standard InChI is InChI=1S/C17H27NO2/c1-6-18-15(9-7-13(2)3)11-14-8-10-16(19-4)17(12-14)20-5/h8,10,12,15,18H,2,6-7,9,11H2,1,3-5H3. The first-order chi connectivity index (χ1) is 9.60. The molecule has 1 aromatic rings. The molecule has 0 aliphatic rings. The van der Waals surface area contributed by atoms with E-state index in [0.717, 1.165) is 37.3 Å². The third kappa shape index (κ3) is 5.25. The van der Waals surface area contributed by atoms with Gasteiger partial charge in [0.25, 0.3) is 0 Å². The van der Waals surface area contributed by atoms with Crippen molar-refractivity contribution in [3.05, 3.63) is 35.9 Å². The predicted molar refractivity (Wildman–Crippen MR) is 84.8 cm³/mol. The third-order valence-corrected chi connectivity index (χ3v) is 3.34. The molecule has 1 unspecified atom stereocenters. The van der Waals surface area contributed by atoms with Crippen molar-refractivity contribution >= 4 is 0 Å². The number of rotatable bonds is 9. The number of likely N-dealkylation sites (N-methyl/N-ethyl adjacent to an activating group) is 1. The van der Waals surface area contributed by atoms with Gasteiger partial charge in [-0.25, -0.2) is 0 Å². The molecule has 1 N–H and O–H groups in total. The Morgan fingerprint density at radius 3 is 2.50 bits per heavy atom. The molecular weight excluding hydrogens is 250 g/mol. The Kier molecular flexibility index (Phi) is 7.16. The van der Waals surface area contributed by atoms with Crippen LogP contribution >= 0.6 is 0 Å². The van der Waals surface area contributed by atoms with Crippen molar-refractivity contribution in [2.45, 2.75) is 39.2 Å². The second kappa shape index (κ2) is 8.64. The van der Waals surface area contributed by atoms with E-state index < -0.39 is 0 Å². The molecule has 20 heavy (non-hydrogen) atoms. The van der Waals surface area contributed by atoms with Crippen molar-refractivity contribution in [2.75, 3.05) is 20.8 Å². The van der Waals surface area contributed by atoms with E-state index in [-0.39, 0.29) is 0 Å². The van der Waals surface area contributed by atoms with Gasteiger partial charge in [-0.15, -0.1) is 6.58 Å². The minimum Gasteiger partial charge on any atom is -0.493 e. The molecule has 0 saturated heterocycles. The Bertz CT molecular complexity index is 429. The lowest BCUT2D eigenvalue weighted by molar-refractivity contribution is 0.354. The van der Waals surface area contributed by atoms with Crippen LogP contribution in [0.3, 0.4) is 0 Å². The molecule has 1 rings (SSSR count). The summed E-state index contributed by atoms with van der Waals surface area (Å²) in [7, 11) is 3.33. The zero-order chi connectivity index (χ0) is 15.0. The number of nitrogens with one attached hydrogen (secondary N) is 1. The van der Waals surface area contributed by atoms with Gasteiger partial charge in [0.05, 0.1) is 14.2 Å². The molecule has 0 radical (unpaired) electrons. The lowest BCUT2D eigenvalue weighted by atomic mass is 9.99. The number of ether oxygens (including phenoxy) is 2. The summed E-state index contributed by atoms with van der Waals surface area (Å²) in [4.78, 5) is 0. The lowest BCUT2D eigenvalue weighted by Crippen LogP contribution is -2.31. The monoisotopic (exact) mass is 277 g/mol. The van der Waals surface area contributed by atoms with Crippen LogP contribution in [0, 0.1) is 0 Å². The van der Waals surface area contributed by atoms with Gasteiger partial charge in [-0.2, -0.15) is 0 Å². The number of methoxy groups -OCH3 is 2. The SMILES string of the molecule is C=C(C)CCC(Cc1ccc(OC)c(OC)c1)NCC. The van der Waals surface area contributed by atoms with Gasteiger partial charge >= 0.3 is 0 Å². The first-order valence-electron chi connectivity index (χ1n) is 7.19. The van der Waals surface area contributed by atoms with Crippen LogP contribution in [0.2, 0.25) is 0 Å². The fraction of sp³-hybridized carbons (Fsp3) is 0.529. The van der Waals surface area contributed by atoms with Gasteiger partial charge in [0, 0.05) is 6.04 Å². The molecule has 0 saturated carbocycles. The van der Waals surface area contributed by atoms with E-state index in [1.54, 1.807) is 14.2 Å². The predicted octanol–water partition coefficient (Wildman–Crippen LogP) is 3.58. The van der Waals surface area contributed by atoms with Gasteiger partial charge in [-0.05, 0) is 50.4 Å². The van der Waals surface area contributed by atoms with E-state index in [2.05, 4.69) is 37.9 Å². The van der Waals surface area contributed by atoms with Crippen LogP contribution in [0.25, 0.3) is 0 Å². The van der Waals surface area contributed by atoms with Crippen LogP contribution in [-0.4, -0.2) is 26.8 Å². The average Bonchev–Trinajstić information content (AvgIpc) is 2.44. The van der Waals surface area contributed by atoms with E-state index >= 15 is 0 Å². The molecule has 0 bridgehead atoms. The highest BCUT2D eigenvalue weighted by molar-refractivity contribution is 5.43. The van der Waals surface area contributed by atoms with Crippen LogP contribution in [-0.2, 0) is 6.42 Å². The fourth-order valence-corrected chi connectivity index (χ4v) is 2.28. The van der Waals surface area contributed by atoms with Gasteiger partial charge in [-0.3, -0.25) is 0 Å². The minimum absolute atomic E-state index is 0.467. The van der Waals surface area contributed by atoms with Gasteiger partial charge in [0.1, 0.15) is 0 Å². The summed E-state index contributed by atoms with van der Waals surface area (Å²) in [6.45, 7) is 9.18. The fourth-order valence-electron chi connectivity index (χ4n) is 2.28. The summed E-state index contributed by atoms with van der Waals surface area (Å²) < 4.78 is 10.6. The molecule has 1 atom stereocenters. The molecule has 1 aromatic carbocycles. The highest BCUT2D eigenvalue weighted by atomic mass is 16.5. The van der Waals surface area contributed by atoms with Crippen molar-refractivity contribution in [1.82, 2.24) is 5.32 Å². The summed E-state index contributed by atoms with van der Waals surface area (Å²) in [5, 5.41) is 3.54. The summed E-state index contributed by atoms with van der Waals surface area (Å²) >= 11 is 0. The number of hydrogen-bond donors (Lipinski definition) is 1. The second-order valence-corrected chi connectivity index (χ2v) is 5.14. The number of benzene rings is 1. The molecule has 0 heterocycles. The number of allylic oxidation sites excluding steroid dienone is 1. The van der Waals surface area contributed by atoms with Gasteiger partial charge < -0.3 is 14.8 Å². The maximum absolute atomic E-state index is 5.36. The number of hydrogen-bond acceptors (Lipinski definition) is 3. The van der Waals surface area contributed by atoms with Crippen molar-refractivity contribution in [3.63, 3.8) is 0 Å². The Morgan fingerprint density at radius 1 is 1.25 bits per heavy atom. The van der Waals surface area contributed by atoms with E-state index in [0.29, 0.717) is 6.04 Å². The Hall–Kier alpha value is -1.48. The van der Waals surface area contributed by atoms with Crippen molar-refractivity contribution < 1.29 is 9.47 Å². The summed E-state index contributed by atoms with van der Waals surface area (Å²) in [5.41, 5.74) is 2.50. The Balaban J connectivity index is 2.74. The third-order valence-electron chi connectivity index (χ3n) is 3.34. The molecule has 0 amide bonds. The van der Waals surface area contributed by atoms with Crippen LogP contribution in [0.15, 0.2) is 30.4 Å².